The molecule has 0 saturated carbocycles. The average molecular weight is 400 g/mol. The second kappa shape index (κ2) is 12.2. The molecule has 0 aliphatic heterocycles. The molecule has 2 aromatic carbocycles. The molecule has 0 saturated heterocycles. The molecule has 0 aliphatic rings. The van der Waals surface area contributed by atoms with E-state index in [1.807, 2.05) is 0 Å². The first kappa shape index (κ1) is 21.9. The van der Waals surface area contributed by atoms with Gasteiger partial charge in [0, 0.05) is 0 Å². The number of hydrogen-bond donors (Lipinski definition) is 0. The van der Waals surface area contributed by atoms with Gasteiger partial charge in [0.05, 0.1) is 12.2 Å². The second-order valence-corrected chi connectivity index (χ2v) is 6.22. The lowest BCUT2D eigenvalue weighted by Crippen LogP contribution is -2.16. The topological polar surface area (TPSA) is 88.1 Å². The number of rotatable bonds is 9. The highest BCUT2D eigenvalue weighted by Crippen LogP contribution is 2.20. The maximum Gasteiger partial charge on any atom is 0.513 e. The van der Waals surface area contributed by atoms with Crippen molar-refractivity contribution in [3.8, 4) is 5.75 Å². The fourth-order valence-electron chi connectivity index (χ4n) is 2.45. The van der Waals surface area contributed by atoms with Crippen molar-refractivity contribution in [2.75, 3.05) is 6.61 Å². The minimum Gasteiger partial charge on any atom is -0.434 e. The third-order valence-corrected chi connectivity index (χ3v) is 3.97. The van der Waals surface area contributed by atoms with Gasteiger partial charge in [0.1, 0.15) is 11.3 Å². The van der Waals surface area contributed by atoms with Crippen LogP contribution in [0, 0.1) is 0 Å². The fraction of sp³-hybridized carbons (Fsp3) is 0.318. The van der Waals surface area contributed by atoms with Crippen LogP contribution >= 0.6 is 0 Å². The van der Waals surface area contributed by atoms with Gasteiger partial charge in [0.2, 0.25) is 0 Å². The summed E-state index contributed by atoms with van der Waals surface area (Å²) < 4.78 is 10.1. The standard InChI is InChI=1S/C22H24O7/c1-2-3-4-5-11-16-26-22(25)27-19-15-10-9-14-18(19)21(24)29-28-20(23)17-12-7-6-8-13-17/h6-10,12-15H,2-5,11,16H2,1H3. The van der Waals surface area contributed by atoms with E-state index in [0.717, 1.165) is 32.1 Å². The van der Waals surface area contributed by atoms with E-state index in [1.165, 1.54) is 24.3 Å². The molecule has 2 rings (SSSR count). The number of unbranched alkanes of at least 4 members (excludes halogenated alkanes) is 4. The van der Waals surface area contributed by atoms with Crippen molar-refractivity contribution >= 4 is 18.1 Å². The van der Waals surface area contributed by atoms with Gasteiger partial charge < -0.3 is 9.47 Å². The van der Waals surface area contributed by atoms with Crippen LogP contribution in [-0.4, -0.2) is 24.7 Å². The quantitative estimate of drug-likeness (QED) is 0.190. The zero-order valence-corrected chi connectivity index (χ0v) is 16.3. The van der Waals surface area contributed by atoms with Crippen molar-refractivity contribution in [2.24, 2.45) is 0 Å². The summed E-state index contributed by atoms with van der Waals surface area (Å²) in [6.45, 7) is 2.36. The molecule has 0 radical (unpaired) electrons. The predicted molar refractivity (Wildman–Crippen MR) is 104 cm³/mol. The third-order valence-electron chi connectivity index (χ3n) is 3.97. The monoisotopic (exact) mass is 400 g/mol. The number of carbonyl (C=O) groups excluding carboxylic acids is 3. The minimum atomic E-state index is -0.975. The summed E-state index contributed by atoms with van der Waals surface area (Å²) in [6, 6.07) is 14.0. The summed E-state index contributed by atoms with van der Waals surface area (Å²) in [5.74, 6) is -1.85. The molecule has 0 fully saturated rings. The molecule has 0 amide bonds. The predicted octanol–water partition coefficient (Wildman–Crippen LogP) is 5.10. The molecule has 7 heteroatoms. The van der Waals surface area contributed by atoms with E-state index in [-0.39, 0.29) is 23.5 Å². The molecule has 7 nitrogen and oxygen atoms in total. The van der Waals surface area contributed by atoms with Crippen LogP contribution in [-0.2, 0) is 14.5 Å². The molecule has 154 valence electrons. The number of carbonyl (C=O) groups is 3. The summed E-state index contributed by atoms with van der Waals surface area (Å²) in [6.07, 6.45) is 4.17. The number of hydrogen-bond acceptors (Lipinski definition) is 7. The van der Waals surface area contributed by atoms with Crippen molar-refractivity contribution in [3.05, 3.63) is 65.7 Å². The van der Waals surface area contributed by atoms with Crippen LogP contribution < -0.4 is 4.74 Å². The molecule has 0 aliphatic carbocycles. The molecule has 29 heavy (non-hydrogen) atoms. The van der Waals surface area contributed by atoms with E-state index in [4.69, 9.17) is 9.47 Å². The molecule has 0 atom stereocenters. The summed E-state index contributed by atoms with van der Waals surface area (Å²) in [5, 5.41) is 0. The van der Waals surface area contributed by atoms with Gasteiger partial charge in [0.15, 0.2) is 0 Å². The van der Waals surface area contributed by atoms with Crippen molar-refractivity contribution < 1.29 is 33.6 Å². The fourth-order valence-corrected chi connectivity index (χ4v) is 2.45. The summed E-state index contributed by atoms with van der Waals surface area (Å²) in [4.78, 5) is 45.0. The van der Waals surface area contributed by atoms with Gasteiger partial charge in [-0.3, -0.25) is 0 Å². The summed E-state index contributed by atoms with van der Waals surface area (Å²) in [5.41, 5.74) is 0.153. The smallest absolute Gasteiger partial charge is 0.434 e. The lowest BCUT2D eigenvalue weighted by atomic mass is 10.2. The molecular weight excluding hydrogens is 376 g/mol. The van der Waals surface area contributed by atoms with E-state index < -0.39 is 18.1 Å². The van der Waals surface area contributed by atoms with Gasteiger partial charge in [-0.15, -0.1) is 0 Å². The maximum absolute atomic E-state index is 12.2. The third kappa shape index (κ3) is 7.65. The average Bonchev–Trinajstić information content (AvgIpc) is 2.75. The molecule has 0 bridgehead atoms. The Hall–Kier alpha value is -3.35. The van der Waals surface area contributed by atoms with Crippen LogP contribution in [0.5, 0.6) is 5.75 Å². The lowest BCUT2D eigenvalue weighted by Gasteiger charge is -2.09. The van der Waals surface area contributed by atoms with Gasteiger partial charge >= 0.3 is 18.1 Å². The first-order valence-electron chi connectivity index (χ1n) is 9.53. The Balaban J connectivity index is 1.84. The number of para-hydroxylation sites is 1. The molecule has 0 unspecified atom stereocenters. The molecule has 2 aromatic rings. The van der Waals surface area contributed by atoms with Crippen molar-refractivity contribution in [2.45, 2.75) is 39.0 Å². The highest BCUT2D eigenvalue weighted by atomic mass is 17.2. The van der Waals surface area contributed by atoms with E-state index in [2.05, 4.69) is 16.7 Å². The van der Waals surface area contributed by atoms with Crippen LogP contribution in [0.25, 0.3) is 0 Å². The Bertz CT molecular complexity index is 802. The minimum absolute atomic E-state index is 0.0516. The Morgan fingerprint density at radius 2 is 1.41 bits per heavy atom. The van der Waals surface area contributed by atoms with Gasteiger partial charge in [-0.25, -0.2) is 24.2 Å². The Morgan fingerprint density at radius 3 is 2.17 bits per heavy atom. The van der Waals surface area contributed by atoms with Gasteiger partial charge in [-0.05, 0) is 30.7 Å². The number of benzene rings is 2. The highest BCUT2D eigenvalue weighted by molar-refractivity contribution is 5.94. The van der Waals surface area contributed by atoms with E-state index >= 15 is 0 Å². The van der Waals surface area contributed by atoms with Crippen LogP contribution in [0.15, 0.2) is 54.6 Å². The van der Waals surface area contributed by atoms with Crippen molar-refractivity contribution in [1.82, 2.24) is 0 Å². The zero-order valence-electron chi connectivity index (χ0n) is 16.3. The molecule has 0 N–H and O–H groups in total. The first-order valence-corrected chi connectivity index (χ1v) is 9.53. The van der Waals surface area contributed by atoms with E-state index in [0.29, 0.717) is 0 Å². The summed E-state index contributed by atoms with van der Waals surface area (Å²) >= 11 is 0. The zero-order chi connectivity index (χ0) is 20.9. The Labute approximate surface area is 169 Å². The van der Waals surface area contributed by atoms with Gasteiger partial charge in [0.25, 0.3) is 0 Å². The van der Waals surface area contributed by atoms with Crippen LogP contribution in [0.1, 0.15) is 59.7 Å². The van der Waals surface area contributed by atoms with Crippen molar-refractivity contribution in [3.63, 3.8) is 0 Å². The summed E-state index contributed by atoms with van der Waals surface area (Å²) in [7, 11) is 0. The first-order chi connectivity index (χ1) is 14.1. The van der Waals surface area contributed by atoms with E-state index in [9.17, 15) is 14.4 Å². The van der Waals surface area contributed by atoms with Crippen LogP contribution in [0.3, 0.4) is 0 Å². The van der Waals surface area contributed by atoms with Gasteiger partial charge in [-0.2, -0.15) is 0 Å². The van der Waals surface area contributed by atoms with Crippen LogP contribution in [0.4, 0.5) is 4.79 Å². The highest BCUT2D eigenvalue weighted by Gasteiger charge is 2.20. The van der Waals surface area contributed by atoms with Crippen LogP contribution in [0.2, 0.25) is 0 Å². The lowest BCUT2D eigenvalue weighted by molar-refractivity contribution is -0.187. The molecule has 0 heterocycles. The molecule has 0 spiro atoms. The SMILES string of the molecule is CCCCCCCOC(=O)Oc1ccccc1C(=O)OOC(=O)c1ccccc1. The molecule has 0 aromatic heterocycles. The largest absolute Gasteiger partial charge is 0.513 e. The second-order valence-electron chi connectivity index (χ2n) is 6.22. The maximum atomic E-state index is 12.2. The van der Waals surface area contributed by atoms with Crippen molar-refractivity contribution in [1.29, 1.82) is 0 Å². The van der Waals surface area contributed by atoms with E-state index in [1.54, 1.807) is 30.3 Å². The Kier molecular flexibility index (Phi) is 9.21. The molecular formula is C22H24O7. The Morgan fingerprint density at radius 1 is 0.759 bits per heavy atom. The number of ether oxygens (including phenoxy) is 2. The normalized spacial score (nSPS) is 10.1. The van der Waals surface area contributed by atoms with Gasteiger partial charge in [-0.1, -0.05) is 62.9 Å².